The number of esters is 1. The Kier molecular flexibility index (Phi) is 5.11. The van der Waals surface area contributed by atoms with Gasteiger partial charge in [0.25, 0.3) is 0 Å². The van der Waals surface area contributed by atoms with Crippen molar-refractivity contribution in [1.82, 2.24) is 4.98 Å². The molecule has 1 atom stereocenters. The van der Waals surface area contributed by atoms with E-state index in [1.54, 1.807) is 13.0 Å². The van der Waals surface area contributed by atoms with Gasteiger partial charge in [0.1, 0.15) is 6.04 Å². The fraction of sp³-hybridized carbons (Fsp3) is 0.400. The smallest absolute Gasteiger partial charge is 0.323 e. The van der Waals surface area contributed by atoms with Crippen molar-refractivity contribution in [2.75, 3.05) is 6.61 Å². The van der Waals surface area contributed by atoms with E-state index in [4.69, 9.17) is 10.5 Å². The summed E-state index contributed by atoms with van der Waals surface area (Å²) in [6, 6.07) is -0.673. The van der Waals surface area contributed by atoms with Gasteiger partial charge in [-0.15, -0.1) is 11.3 Å². The van der Waals surface area contributed by atoms with Crippen LogP contribution in [0, 0.1) is 0 Å². The summed E-state index contributed by atoms with van der Waals surface area (Å²) in [5.41, 5.74) is 6.48. The van der Waals surface area contributed by atoms with Crippen molar-refractivity contribution in [2.24, 2.45) is 5.73 Å². The van der Waals surface area contributed by atoms with Crippen LogP contribution in [0.3, 0.4) is 0 Å². The van der Waals surface area contributed by atoms with Crippen molar-refractivity contribution < 1.29 is 9.53 Å². The first-order valence-corrected chi connectivity index (χ1v) is 6.39. The van der Waals surface area contributed by atoms with Gasteiger partial charge in [0, 0.05) is 6.42 Å². The van der Waals surface area contributed by atoms with Crippen molar-refractivity contribution in [2.45, 2.75) is 19.4 Å². The minimum absolute atomic E-state index is 0.335. The molecule has 0 unspecified atom stereocenters. The summed E-state index contributed by atoms with van der Waals surface area (Å²) in [5, 5.41) is 0. The Balaban J connectivity index is 2.72. The SMILES string of the molecule is C=Cc1sc(Br)nc1C[C@H](N)C(=O)OCC. The second kappa shape index (κ2) is 6.12. The maximum atomic E-state index is 11.3. The summed E-state index contributed by atoms with van der Waals surface area (Å²) in [7, 11) is 0. The number of hydrogen-bond acceptors (Lipinski definition) is 5. The number of thiazole rings is 1. The Morgan fingerprint density at radius 1 is 1.81 bits per heavy atom. The van der Waals surface area contributed by atoms with E-state index in [0.29, 0.717) is 13.0 Å². The van der Waals surface area contributed by atoms with Gasteiger partial charge in [-0.25, -0.2) is 4.98 Å². The number of nitrogens with two attached hydrogens (primary N) is 1. The van der Waals surface area contributed by atoms with Gasteiger partial charge in [0.05, 0.1) is 17.2 Å². The average molecular weight is 305 g/mol. The van der Waals surface area contributed by atoms with E-state index in [0.717, 1.165) is 14.5 Å². The summed E-state index contributed by atoms with van der Waals surface area (Å²) < 4.78 is 5.59. The van der Waals surface area contributed by atoms with Crippen LogP contribution in [0.15, 0.2) is 10.5 Å². The molecular formula is C10H13BrN2O2S. The molecule has 0 saturated heterocycles. The molecule has 0 aliphatic rings. The van der Waals surface area contributed by atoms with Gasteiger partial charge in [-0.3, -0.25) is 4.79 Å². The van der Waals surface area contributed by atoms with Crippen LogP contribution >= 0.6 is 27.3 Å². The first-order valence-electron chi connectivity index (χ1n) is 4.78. The van der Waals surface area contributed by atoms with Crippen molar-refractivity contribution >= 4 is 39.3 Å². The first-order chi connectivity index (χ1) is 7.58. The highest BCUT2D eigenvalue weighted by Crippen LogP contribution is 2.25. The lowest BCUT2D eigenvalue weighted by atomic mass is 10.1. The molecular weight excluding hydrogens is 292 g/mol. The monoisotopic (exact) mass is 304 g/mol. The summed E-state index contributed by atoms with van der Waals surface area (Å²) in [6.07, 6.45) is 2.07. The summed E-state index contributed by atoms with van der Waals surface area (Å²) in [4.78, 5) is 16.5. The highest BCUT2D eigenvalue weighted by atomic mass is 79.9. The average Bonchev–Trinajstić information content (AvgIpc) is 2.59. The molecule has 1 rings (SSSR count). The molecule has 1 heterocycles. The maximum absolute atomic E-state index is 11.3. The van der Waals surface area contributed by atoms with Crippen molar-refractivity contribution in [3.63, 3.8) is 0 Å². The molecule has 0 bridgehead atoms. The molecule has 0 saturated carbocycles. The lowest BCUT2D eigenvalue weighted by molar-refractivity contribution is -0.144. The lowest BCUT2D eigenvalue weighted by Crippen LogP contribution is -2.34. The van der Waals surface area contributed by atoms with E-state index in [1.807, 2.05) is 0 Å². The number of ether oxygens (including phenoxy) is 1. The third-order valence-corrected chi connectivity index (χ3v) is 3.43. The Hall–Kier alpha value is -0.720. The van der Waals surface area contributed by atoms with Gasteiger partial charge in [-0.1, -0.05) is 12.7 Å². The van der Waals surface area contributed by atoms with Crippen LogP contribution in [0.1, 0.15) is 17.5 Å². The molecule has 0 aromatic carbocycles. The molecule has 0 aliphatic heterocycles. The fourth-order valence-electron chi connectivity index (χ4n) is 1.18. The Labute approximate surface area is 107 Å². The molecule has 4 nitrogen and oxygen atoms in total. The summed E-state index contributed by atoms with van der Waals surface area (Å²) in [5.74, 6) is -0.401. The van der Waals surface area contributed by atoms with E-state index in [9.17, 15) is 4.79 Å². The van der Waals surface area contributed by atoms with Crippen LogP contribution in [0.25, 0.3) is 6.08 Å². The third-order valence-electron chi connectivity index (χ3n) is 1.89. The molecule has 1 aromatic heterocycles. The molecule has 0 radical (unpaired) electrons. The number of carbonyl (C=O) groups is 1. The van der Waals surface area contributed by atoms with Crippen LogP contribution in [0.2, 0.25) is 0 Å². The largest absolute Gasteiger partial charge is 0.465 e. The van der Waals surface area contributed by atoms with E-state index in [1.165, 1.54) is 11.3 Å². The highest BCUT2D eigenvalue weighted by Gasteiger charge is 2.18. The fourth-order valence-corrected chi connectivity index (χ4v) is 2.58. The quantitative estimate of drug-likeness (QED) is 0.845. The maximum Gasteiger partial charge on any atom is 0.323 e. The molecule has 6 heteroatoms. The minimum atomic E-state index is -0.673. The number of rotatable bonds is 5. The molecule has 16 heavy (non-hydrogen) atoms. The van der Waals surface area contributed by atoms with Crippen LogP contribution in [0.4, 0.5) is 0 Å². The second-order valence-electron chi connectivity index (χ2n) is 3.04. The van der Waals surface area contributed by atoms with Crippen molar-refractivity contribution in [1.29, 1.82) is 0 Å². The molecule has 0 amide bonds. The van der Waals surface area contributed by atoms with Crippen LogP contribution in [-0.2, 0) is 16.0 Å². The topological polar surface area (TPSA) is 65.2 Å². The Morgan fingerprint density at radius 3 is 3.06 bits per heavy atom. The molecule has 0 spiro atoms. The van der Waals surface area contributed by atoms with Crippen LogP contribution in [-0.4, -0.2) is 23.6 Å². The van der Waals surface area contributed by atoms with Gasteiger partial charge >= 0.3 is 5.97 Å². The molecule has 88 valence electrons. The highest BCUT2D eigenvalue weighted by molar-refractivity contribution is 9.11. The number of nitrogens with zero attached hydrogens (tertiary/aromatic N) is 1. The van der Waals surface area contributed by atoms with E-state index < -0.39 is 12.0 Å². The zero-order valence-electron chi connectivity index (χ0n) is 8.90. The van der Waals surface area contributed by atoms with Crippen LogP contribution in [0.5, 0.6) is 0 Å². The van der Waals surface area contributed by atoms with Gasteiger partial charge in [-0.05, 0) is 22.9 Å². The normalized spacial score (nSPS) is 12.2. The molecule has 0 fully saturated rings. The Morgan fingerprint density at radius 2 is 2.50 bits per heavy atom. The first kappa shape index (κ1) is 13.3. The van der Waals surface area contributed by atoms with E-state index in [-0.39, 0.29) is 0 Å². The standard InChI is InChI=1S/C10H13BrN2O2S/c1-3-8-7(13-10(11)16-8)5-6(12)9(14)15-4-2/h3,6H,1,4-5,12H2,2H3/t6-/m0/s1. The predicted molar refractivity (Wildman–Crippen MR) is 68.2 cm³/mol. The van der Waals surface area contributed by atoms with E-state index >= 15 is 0 Å². The third kappa shape index (κ3) is 3.40. The van der Waals surface area contributed by atoms with Gasteiger partial charge in [-0.2, -0.15) is 0 Å². The van der Waals surface area contributed by atoms with Gasteiger partial charge < -0.3 is 10.5 Å². The molecule has 2 N–H and O–H groups in total. The zero-order chi connectivity index (χ0) is 12.1. The summed E-state index contributed by atoms with van der Waals surface area (Å²) >= 11 is 4.75. The minimum Gasteiger partial charge on any atom is -0.465 e. The molecule has 0 aliphatic carbocycles. The number of aromatic nitrogens is 1. The summed E-state index contributed by atoms with van der Waals surface area (Å²) in [6.45, 7) is 5.77. The van der Waals surface area contributed by atoms with Crippen molar-refractivity contribution in [3.8, 4) is 0 Å². The van der Waals surface area contributed by atoms with Crippen LogP contribution < -0.4 is 5.73 Å². The number of hydrogen-bond donors (Lipinski definition) is 1. The van der Waals surface area contributed by atoms with Crippen molar-refractivity contribution in [3.05, 3.63) is 21.1 Å². The Bertz CT molecular complexity index is 392. The predicted octanol–water partition coefficient (Wildman–Crippen LogP) is 1.98. The second-order valence-corrected chi connectivity index (χ2v) is 5.35. The van der Waals surface area contributed by atoms with Gasteiger partial charge in [0.15, 0.2) is 3.92 Å². The number of halogens is 1. The number of carbonyl (C=O) groups excluding carboxylic acids is 1. The zero-order valence-corrected chi connectivity index (χ0v) is 11.3. The molecule has 1 aromatic rings. The lowest BCUT2D eigenvalue weighted by Gasteiger charge is -2.09. The van der Waals surface area contributed by atoms with E-state index in [2.05, 4.69) is 27.5 Å². The van der Waals surface area contributed by atoms with Gasteiger partial charge in [0.2, 0.25) is 0 Å².